The molecule has 0 aliphatic carbocycles. The van der Waals surface area contributed by atoms with Crippen LogP contribution in [0, 0.1) is 5.82 Å². The van der Waals surface area contributed by atoms with Gasteiger partial charge in [0.15, 0.2) is 0 Å². The largest absolute Gasteiger partial charge is 0.497 e. The van der Waals surface area contributed by atoms with Crippen molar-refractivity contribution in [2.24, 2.45) is 7.05 Å². The number of hydrogen-bond donors (Lipinski definition) is 0. The number of halogens is 1. The van der Waals surface area contributed by atoms with Gasteiger partial charge in [0.05, 0.1) is 47.4 Å². The molecule has 0 saturated carbocycles. The molecular weight excluding hydrogens is 499 g/mol. The van der Waals surface area contributed by atoms with Gasteiger partial charge in [0.25, 0.3) is 11.8 Å². The zero-order valence-corrected chi connectivity index (χ0v) is 21.2. The van der Waals surface area contributed by atoms with Crippen molar-refractivity contribution in [1.82, 2.24) is 24.6 Å². The van der Waals surface area contributed by atoms with E-state index >= 15 is 0 Å². The highest BCUT2D eigenvalue weighted by molar-refractivity contribution is 6.21. The van der Waals surface area contributed by atoms with E-state index in [2.05, 4.69) is 10.1 Å². The SMILES string of the molecule is COc1cc(F)cc(N(CCN2C(=O)c3ccccc3C2=O)c2ccc3ncc(-c4cnn(C)c4)nc3c2)c1. The monoisotopic (exact) mass is 522 g/mol. The smallest absolute Gasteiger partial charge is 0.261 e. The van der Waals surface area contributed by atoms with Crippen LogP contribution in [0.2, 0.25) is 0 Å². The first-order valence-corrected chi connectivity index (χ1v) is 12.2. The summed E-state index contributed by atoms with van der Waals surface area (Å²) in [6.07, 6.45) is 5.26. The Bertz CT molecular complexity index is 1720. The molecular formula is C29H23FN6O3. The van der Waals surface area contributed by atoms with E-state index in [-0.39, 0.29) is 24.9 Å². The van der Waals surface area contributed by atoms with Crippen molar-refractivity contribution >= 4 is 34.2 Å². The topological polar surface area (TPSA) is 93.5 Å². The number of hydrogen-bond acceptors (Lipinski definition) is 7. The van der Waals surface area contributed by atoms with E-state index in [4.69, 9.17) is 9.72 Å². The molecule has 3 aromatic carbocycles. The number of carbonyl (C=O) groups is 2. The molecule has 0 N–H and O–H groups in total. The Morgan fingerprint density at radius 3 is 2.38 bits per heavy atom. The number of imide groups is 1. The Morgan fingerprint density at radius 1 is 0.923 bits per heavy atom. The molecule has 10 heteroatoms. The van der Waals surface area contributed by atoms with Crippen LogP contribution in [0.4, 0.5) is 15.8 Å². The third kappa shape index (κ3) is 4.46. The third-order valence-electron chi connectivity index (χ3n) is 6.67. The summed E-state index contributed by atoms with van der Waals surface area (Å²) in [4.78, 5) is 38.3. The molecule has 194 valence electrons. The number of amides is 2. The number of fused-ring (bicyclic) bond motifs is 2. The summed E-state index contributed by atoms with van der Waals surface area (Å²) in [6, 6.07) is 16.7. The Labute approximate surface area is 223 Å². The van der Waals surface area contributed by atoms with Gasteiger partial charge in [-0.2, -0.15) is 5.10 Å². The highest BCUT2D eigenvalue weighted by Gasteiger charge is 2.35. The zero-order chi connectivity index (χ0) is 27.1. The number of benzene rings is 3. The van der Waals surface area contributed by atoms with Gasteiger partial charge in [-0.3, -0.25) is 24.2 Å². The summed E-state index contributed by atoms with van der Waals surface area (Å²) in [7, 11) is 3.29. The van der Waals surface area contributed by atoms with Gasteiger partial charge in [-0.1, -0.05) is 12.1 Å². The van der Waals surface area contributed by atoms with Crippen molar-refractivity contribution in [3.63, 3.8) is 0 Å². The molecule has 5 aromatic rings. The first-order valence-electron chi connectivity index (χ1n) is 12.2. The Kier molecular flexibility index (Phi) is 5.99. The van der Waals surface area contributed by atoms with Gasteiger partial charge in [0.1, 0.15) is 11.6 Å². The second kappa shape index (κ2) is 9.64. The van der Waals surface area contributed by atoms with E-state index in [9.17, 15) is 14.0 Å². The van der Waals surface area contributed by atoms with E-state index in [0.717, 1.165) is 5.56 Å². The first-order chi connectivity index (χ1) is 18.9. The van der Waals surface area contributed by atoms with Crippen LogP contribution in [0.1, 0.15) is 20.7 Å². The number of rotatable bonds is 7. The summed E-state index contributed by atoms with van der Waals surface area (Å²) >= 11 is 0. The molecule has 3 heterocycles. The van der Waals surface area contributed by atoms with Crippen molar-refractivity contribution in [1.29, 1.82) is 0 Å². The van der Waals surface area contributed by atoms with E-state index in [1.54, 1.807) is 47.4 Å². The van der Waals surface area contributed by atoms with E-state index < -0.39 is 5.82 Å². The molecule has 0 radical (unpaired) electrons. The van der Waals surface area contributed by atoms with Gasteiger partial charge < -0.3 is 9.64 Å². The van der Waals surface area contributed by atoms with E-state index in [0.29, 0.717) is 45.0 Å². The predicted octanol–water partition coefficient (Wildman–Crippen LogP) is 4.61. The number of methoxy groups -OCH3 is 1. The number of ether oxygens (including phenoxy) is 1. The molecule has 0 bridgehead atoms. The lowest BCUT2D eigenvalue weighted by molar-refractivity contribution is 0.0659. The molecule has 0 spiro atoms. The van der Waals surface area contributed by atoms with Gasteiger partial charge >= 0.3 is 0 Å². The van der Waals surface area contributed by atoms with Crippen LogP contribution in [-0.4, -0.2) is 56.7 Å². The second-order valence-electron chi connectivity index (χ2n) is 9.14. The molecule has 6 rings (SSSR count). The van der Waals surface area contributed by atoms with Crippen LogP contribution in [0.15, 0.2) is 79.3 Å². The van der Waals surface area contributed by atoms with Gasteiger partial charge in [-0.15, -0.1) is 0 Å². The van der Waals surface area contributed by atoms with Crippen LogP contribution in [0.5, 0.6) is 5.75 Å². The number of carbonyl (C=O) groups excluding carboxylic acids is 2. The minimum absolute atomic E-state index is 0.0879. The average molecular weight is 523 g/mol. The predicted molar refractivity (Wildman–Crippen MR) is 144 cm³/mol. The second-order valence-corrected chi connectivity index (χ2v) is 9.14. The quantitative estimate of drug-likeness (QED) is 0.288. The molecule has 0 fully saturated rings. The molecule has 1 aliphatic heterocycles. The van der Waals surface area contributed by atoms with E-state index in [1.807, 2.05) is 36.3 Å². The number of aryl methyl sites for hydroxylation is 1. The van der Waals surface area contributed by atoms with Crippen molar-refractivity contribution in [2.75, 3.05) is 25.1 Å². The Balaban J connectivity index is 1.38. The van der Waals surface area contributed by atoms with Crippen molar-refractivity contribution < 1.29 is 18.7 Å². The maximum absolute atomic E-state index is 14.6. The summed E-state index contributed by atoms with van der Waals surface area (Å²) < 4.78 is 21.6. The highest BCUT2D eigenvalue weighted by Crippen LogP contribution is 2.32. The lowest BCUT2D eigenvalue weighted by Gasteiger charge is -2.27. The summed E-state index contributed by atoms with van der Waals surface area (Å²) in [6.45, 7) is 0.296. The minimum atomic E-state index is -0.477. The maximum Gasteiger partial charge on any atom is 0.261 e. The summed E-state index contributed by atoms with van der Waals surface area (Å²) in [5.74, 6) is -0.833. The molecule has 9 nitrogen and oxygen atoms in total. The summed E-state index contributed by atoms with van der Waals surface area (Å²) in [5.41, 5.74) is 4.75. The third-order valence-corrected chi connectivity index (χ3v) is 6.67. The van der Waals surface area contributed by atoms with Gasteiger partial charge in [0, 0.05) is 55.4 Å². The molecule has 2 amide bonds. The molecule has 0 unspecified atom stereocenters. The van der Waals surface area contributed by atoms with Crippen LogP contribution < -0.4 is 9.64 Å². The molecule has 0 saturated heterocycles. The molecule has 1 aliphatic rings. The number of anilines is 2. The van der Waals surface area contributed by atoms with Crippen LogP contribution >= 0.6 is 0 Å². The fourth-order valence-corrected chi connectivity index (χ4v) is 4.73. The van der Waals surface area contributed by atoms with Gasteiger partial charge in [0.2, 0.25) is 0 Å². The average Bonchev–Trinajstić information content (AvgIpc) is 3.49. The van der Waals surface area contributed by atoms with Crippen molar-refractivity contribution in [3.05, 3.63) is 96.2 Å². The lowest BCUT2D eigenvalue weighted by Crippen LogP contribution is -2.37. The molecule has 39 heavy (non-hydrogen) atoms. The zero-order valence-electron chi connectivity index (χ0n) is 21.2. The van der Waals surface area contributed by atoms with Crippen LogP contribution in [0.3, 0.4) is 0 Å². The minimum Gasteiger partial charge on any atom is -0.497 e. The van der Waals surface area contributed by atoms with Crippen molar-refractivity contribution in [2.45, 2.75) is 0 Å². The normalized spacial score (nSPS) is 12.7. The lowest BCUT2D eigenvalue weighted by atomic mass is 10.1. The van der Waals surface area contributed by atoms with E-state index in [1.165, 1.54) is 24.1 Å². The van der Waals surface area contributed by atoms with Gasteiger partial charge in [-0.25, -0.2) is 9.37 Å². The van der Waals surface area contributed by atoms with Crippen molar-refractivity contribution in [3.8, 4) is 17.0 Å². The maximum atomic E-state index is 14.6. The molecule has 2 aromatic heterocycles. The fourth-order valence-electron chi connectivity index (χ4n) is 4.73. The summed E-state index contributed by atoms with van der Waals surface area (Å²) in [5, 5.41) is 4.21. The standard InChI is InChI=1S/C29H23FN6O3/c1-34-17-18(15-32-34)27-16-31-25-8-7-20(14-26(25)33-27)35(21-11-19(30)12-22(13-21)39-2)9-10-36-28(37)23-5-3-4-6-24(23)29(36)38/h3-8,11-17H,9-10H2,1-2H3. The van der Waals surface area contributed by atoms with Gasteiger partial charge in [-0.05, 0) is 36.4 Å². The Hall–Kier alpha value is -5.12. The first kappa shape index (κ1) is 24.2. The number of nitrogens with zero attached hydrogens (tertiary/aromatic N) is 6. The highest BCUT2D eigenvalue weighted by atomic mass is 19.1. The van der Waals surface area contributed by atoms with Crippen LogP contribution in [-0.2, 0) is 7.05 Å². The fraction of sp³-hybridized carbons (Fsp3) is 0.138. The Morgan fingerprint density at radius 2 is 1.69 bits per heavy atom. The molecule has 0 atom stereocenters. The van der Waals surface area contributed by atoms with Crippen LogP contribution in [0.25, 0.3) is 22.3 Å². The number of aromatic nitrogens is 4.